The molecule has 30 heavy (non-hydrogen) atoms. The molecular weight excluding hydrogens is 670 g/mol. The van der Waals surface area contributed by atoms with Gasteiger partial charge in [-0.2, -0.15) is 16.8 Å². The lowest BCUT2D eigenvalue weighted by atomic mass is 10.0. The van der Waals surface area contributed by atoms with Gasteiger partial charge >= 0.3 is 0 Å². The second-order valence-electron chi connectivity index (χ2n) is 5.56. The molecule has 0 saturated heterocycles. The van der Waals surface area contributed by atoms with Crippen molar-refractivity contribution in [2.24, 2.45) is 0 Å². The zero-order valence-corrected chi connectivity index (χ0v) is 21.8. The van der Waals surface area contributed by atoms with Gasteiger partial charge in [0.05, 0.1) is 35.6 Å². The van der Waals surface area contributed by atoms with Crippen molar-refractivity contribution in [3.8, 4) is 34.1 Å². The predicted molar refractivity (Wildman–Crippen MR) is 123 cm³/mol. The zero-order chi connectivity index (χ0) is 23.0. The second-order valence-corrected chi connectivity index (χ2v) is 10.4. The van der Waals surface area contributed by atoms with Crippen LogP contribution in [0.2, 0.25) is 0 Å². The van der Waals surface area contributed by atoms with Gasteiger partial charge in [-0.15, -0.1) is 0 Å². The SMILES string of the molecule is COc1cc(-c2cc(OC)c(I)c(S(=O)(=O)O)c2OC)c(OC)c(S(=O)(=O)O)c1I. The molecule has 0 radical (unpaired) electrons. The van der Waals surface area contributed by atoms with Crippen molar-refractivity contribution in [1.82, 2.24) is 0 Å². The van der Waals surface area contributed by atoms with Gasteiger partial charge in [0, 0.05) is 11.1 Å². The molecule has 2 aromatic rings. The van der Waals surface area contributed by atoms with Gasteiger partial charge in [0.1, 0.15) is 23.0 Å². The Bertz CT molecular complexity index is 1110. The van der Waals surface area contributed by atoms with E-state index in [1.165, 1.54) is 40.6 Å². The maximum atomic E-state index is 12.1. The quantitative estimate of drug-likeness (QED) is 0.329. The average molecular weight is 686 g/mol. The van der Waals surface area contributed by atoms with Gasteiger partial charge in [0.2, 0.25) is 0 Å². The Morgan fingerprint density at radius 3 is 1.17 bits per heavy atom. The van der Waals surface area contributed by atoms with Crippen molar-refractivity contribution in [3.63, 3.8) is 0 Å². The highest BCUT2D eigenvalue weighted by molar-refractivity contribution is 14.1. The summed E-state index contributed by atoms with van der Waals surface area (Å²) in [6, 6.07) is 2.76. The summed E-state index contributed by atoms with van der Waals surface area (Å²) in [5.74, 6) is -0.449. The van der Waals surface area contributed by atoms with E-state index in [4.69, 9.17) is 18.9 Å². The van der Waals surface area contributed by atoms with Gasteiger partial charge in [-0.25, -0.2) is 0 Å². The van der Waals surface area contributed by atoms with E-state index >= 15 is 0 Å². The van der Waals surface area contributed by atoms with Gasteiger partial charge in [-0.3, -0.25) is 9.11 Å². The van der Waals surface area contributed by atoms with Crippen LogP contribution in [0.5, 0.6) is 23.0 Å². The van der Waals surface area contributed by atoms with Gasteiger partial charge in [-0.1, -0.05) is 0 Å². The zero-order valence-electron chi connectivity index (χ0n) is 15.9. The van der Waals surface area contributed by atoms with Crippen LogP contribution in [-0.2, 0) is 20.2 Å². The minimum Gasteiger partial charge on any atom is -0.496 e. The van der Waals surface area contributed by atoms with Gasteiger partial charge < -0.3 is 18.9 Å². The molecule has 0 aliphatic rings. The molecule has 2 rings (SSSR count). The summed E-state index contributed by atoms with van der Waals surface area (Å²) in [6.45, 7) is 0. The van der Waals surface area contributed by atoms with Crippen molar-refractivity contribution < 1.29 is 44.9 Å². The summed E-state index contributed by atoms with van der Waals surface area (Å²) in [6.07, 6.45) is 0. The number of ether oxygens (including phenoxy) is 4. The van der Waals surface area contributed by atoms with Crippen LogP contribution in [0.15, 0.2) is 21.9 Å². The van der Waals surface area contributed by atoms with Crippen LogP contribution in [0.4, 0.5) is 0 Å². The lowest BCUT2D eigenvalue weighted by molar-refractivity contribution is 0.380. The van der Waals surface area contributed by atoms with Crippen LogP contribution >= 0.6 is 45.2 Å². The fourth-order valence-electron chi connectivity index (χ4n) is 2.75. The normalized spacial score (nSPS) is 11.9. The van der Waals surface area contributed by atoms with E-state index in [1.807, 2.05) is 0 Å². The number of benzene rings is 2. The molecule has 0 amide bonds. The van der Waals surface area contributed by atoms with E-state index in [0.717, 1.165) is 0 Å². The highest BCUT2D eigenvalue weighted by atomic mass is 127. The molecule has 0 aromatic heterocycles. The van der Waals surface area contributed by atoms with Crippen molar-refractivity contribution in [2.45, 2.75) is 9.79 Å². The Morgan fingerprint density at radius 2 is 0.967 bits per heavy atom. The van der Waals surface area contributed by atoms with Gasteiger partial charge in [0.25, 0.3) is 20.2 Å². The van der Waals surface area contributed by atoms with Gasteiger partial charge in [-0.05, 0) is 57.3 Å². The molecule has 0 saturated carbocycles. The van der Waals surface area contributed by atoms with E-state index in [1.54, 1.807) is 45.2 Å². The Morgan fingerprint density at radius 1 is 0.667 bits per heavy atom. The summed E-state index contributed by atoms with van der Waals surface area (Å²) in [5, 5.41) is 0. The summed E-state index contributed by atoms with van der Waals surface area (Å²) in [4.78, 5) is -1.15. The standard InChI is InChI=1S/C16H16I2O10S2/c1-25-9-5-7(13(27-3)15(11(9)17)29(19,20)21)8-6-10(26-2)12(18)16(14(8)28-4)30(22,23)24/h5-6H,1-4H3,(H,19,20,21)(H,22,23,24). The molecular formula is C16H16I2O10S2. The third kappa shape index (κ3) is 4.57. The third-order valence-corrected chi connectivity index (χ3v) is 8.62. The first-order chi connectivity index (χ1) is 13.8. The smallest absolute Gasteiger partial charge is 0.299 e. The fraction of sp³-hybridized carbons (Fsp3) is 0.250. The molecule has 0 fully saturated rings. The molecule has 14 heteroatoms. The largest absolute Gasteiger partial charge is 0.496 e. The van der Waals surface area contributed by atoms with Crippen molar-refractivity contribution >= 4 is 65.4 Å². The minimum atomic E-state index is -4.77. The van der Waals surface area contributed by atoms with E-state index in [2.05, 4.69) is 0 Å². The summed E-state index contributed by atoms with van der Waals surface area (Å²) in [7, 11) is -4.62. The Hall–Kier alpha value is -1.08. The van der Waals surface area contributed by atoms with E-state index in [9.17, 15) is 25.9 Å². The molecule has 0 atom stereocenters. The third-order valence-electron chi connectivity index (χ3n) is 3.94. The first-order valence-electron chi connectivity index (χ1n) is 7.67. The number of hydrogen-bond acceptors (Lipinski definition) is 8. The van der Waals surface area contributed by atoms with Crippen molar-refractivity contribution in [3.05, 3.63) is 19.3 Å². The van der Waals surface area contributed by atoms with E-state index < -0.39 is 30.0 Å². The fourth-order valence-corrected chi connectivity index (χ4v) is 7.17. The van der Waals surface area contributed by atoms with Crippen molar-refractivity contribution in [1.29, 1.82) is 0 Å². The second kappa shape index (κ2) is 9.19. The highest BCUT2D eigenvalue weighted by Gasteiger charge is 2.32. The van der Waals surface area contributed by atoms with Gasteiger partial charge in [0.15, 0.2) is 9.79 Å². The Kier molecular flexibility index (Phi) is 7.71. The first kappa shape index (κ1) is 25.2. The van der Waals surface area contributed by atoms with Crippen LogP contribution in [0.25, 0.3) is 11.1 Å². The predicted octanol–water partition coefficient (Wildman–Crippen LogP) is 3.09. The molecule has 2 aromatic carbocycles. The molecule has 0 aliphatic carbocycles. The maximum Gasteiger partial charge on any atom is 0.299 e. The van der Waals surface area contributed by atoms with Crippen LogP contribution < -0.4 is 18.9 Å². The molecule has 0 heterocycles. The summed E-state index contributed by atoms with van der Waals surface area (Å²) < 4.78 is 88.8. The Balaban J connectivity index is 3.19. The highest BCUT2D eigenvalue weighted by Crippen LogP contribution is 2.49. The molecule has 2 N–H and O–H groups in total. The number of halogens is 2. The molecule has 0 spiro atoms. The van der Waals surface area contributed by atoms with E-state index in [-0.39, 0.29) is 41.3 Å². The first-order valence-corrected chi connectivity index (χ1v) is 12.7. The molecule has 0 bridgehead atoms. The Labute approximate surface area is 200 Å². The lowest BCUT2D eigenvalue weighted by Crippen LogP contribution is -2.10. The average Bonchev–Trinajstić information content (AvgIpc) is 2.64. The number of methoxy groups -OCH3 is 4. The molecule has 0 unspecified atom stereocenters. The summed E-state index contributed by atoms with van der Waals surface area (Å²) in [5.41, 5.74) is 0.0256. The number of rotatable bonds is 7. The van der Waals surface area contributed by atoms with Crippen LogP contribution in [0.1, 0.15) is 0 Å². The maximum absolute atomic E-state index is 12.1. The van der Waals surface area contributed by atoms with E-state index in [0.29, 0.717) is 0 Å². The molecule has 10 nitrogen and oxygen atoms in total. The van der Waals surface area contributed by atoms with Crippen LogP contribution in [0, 0.1) is 7.14 Å². The molecule has 0 aliphatic heterocycles. The molecule has 166 valence electrons. The minimum absolute atomic E-state index is 0.0128. The topological polar surface area (TPSA) is 146 Å². The number of hydrogen-bond donors (Lipinski definition) is 2. The monoisotopic (exact) mass is 686 g/mol. The van der Waals surface area contributed by atoms with Crippen LogP contribution in [-0.4, -0.2) is 54.4 Å². The summed E-state index contributed by atoms with van der Waals surface area (Å²) >= 11 is 3.34. The van der Waals surface area contributed by atoms with Crippen LogP contribution in [0.3, 0.4) is 0 Å². The van der Waals surface area contributed by atoms with Crippen molar-refractivity contribution in [2.75, 3.05) is 28.4 Å². The lowest BCUT2D eigenvalue weighted by Gasteiger charge is -2.20.